The molecule has 33 heavy (non-hydrogen) atoms. The van der Waals surface area contributed by atoms with E-state index in [0.29, 0.717) is 6.08 Å². The van der Waals surface area contributed by atoms with Crippen molar-refractivity contribution in [3.8, 4) is 0 Å². The maximum atomic E-state index is 13.3. The summed E-state index contributed by atoms with van der Waals surface area (Å²) >= 11 is 0. The van der Waals surface area contributed by atoms with Gasteiger partial charge in [-0.3, -0.25) is 4.79 Å². The first-order valence-corrected chi connectivity index (χ1v) is 12.0. The van der Waals surface area contributed by atoms with E-state index in [1.165, 1.54) is 0 Å². The molecule has 0 aliphatic rings. The minimum atomic E-state index is -5.05. The van der Waals surface area contributed by atoms with Gasteiger partial charge in [0.2, 0.25) is 0 Å². The number of rotatable bonds is 7. The van der Waals surface area contributed by atoms with E-state index in [1.807, 2.05) is 91.0 Å². The second-order valence-corrected chi connectivity index (χ2v) is 10.4. The third-order valence-electron chi connectivity index (χ3n) is 4.95. The molecule has 0 saturated heterocycles. The summed E-state index contributed by atoms with van der Waals surface area (Å²) in [4.78, 5) is 25.0. The Bertz CT molecular complexity index is 1080. The molecule has 0 heterocycles. The van der Waals surface area contributed by atoms with Crippen LogP contribution in [0.5, 0.6) is 0 Å². The zero-order valence-corrected chi connectivity index (χ0v) is 18.7. The highest BCUT2D eigenvalue weighted by atomic mass is 31.2. The van der Waals surface area contributed by atoms with Crippen LogP contribution in [0.15, 0.2) is 103 Å². The van der Waals surface area contributed by atoms with Gasteiger partial charge < -0.3 is 4.74 Å². The van der Waals surface area contributed by atoms with Crippen LogP contribution in [0.1, 0.15) is 6.92 Å². The molecule has 0 aliphatic carbocycles. The second kappa shape index (κ2) is 10.5. The molecule has 0 aliphatic heterocycles. The first kappa shape index (κ1) is 24.3. The molecule has 170 valence electrons. The van der Waals surface area contributed by atoms with E-state index in [-0.39, 0.29) is 11.9 Å². The van der Waals surface area contributed by atoms with Gasteiger partial charge in [-0.1, -0.05) is 91.0 Å². The summed E-state index contributed by atoms with van der Waals surface area (Å²) in [6.45, 7) is -1.37. The maximum Gasteiger partial charge on any atom is 0.454 e. The number of carbonyl (C=O) groups excluding carboxylic acids is 2. The van der Waals surface area contributed by atoms with E-state index < -0.39 is 24.8 Å². The summed E-state index contributed by atoms with van der Waals surface area (Å²) in [6.07, 6.45) is -3.66. The van der Waals surface area contributed by atoms with Crippen LogP contribution in [0.25, 0.3) is 0 Å². The number of carbonyl (C=O) groups is 2. The van der Waals surface area contributed by atoms with Crippen LogP contribution >= 0.6 is 6.89 Å². The van der Waals surface area contributed by atoms with Crippen molar-refractivity contribution in [2.75, 3.05) is 6.61 Å². The van der Waals surface area contributed by atoms with E-state index in [4.69, 9.17) is 4.74 Å². The van der Waals surface area contributed by atoms with Gasteiger partial charge >= 0.3 is 12.1 Å². The number of hydrogen-bond donors (Lipinski definition) is 0. The van der Waals surface area contributed by atoms with Crippen molar-refractivity contribution < 1.29 is 27.5 Å². The highest BCUT2D eigenvalue weighted by Crippen LogP contribution is 2.46. The number of alkyl halides is 3. The summed E-state index contributed by atoms with van der Waals surface area (Å²) < 4.78 is 44.3. The van der Waals surface area contributed by atoms with Crippen molar-refractivity contribution >= 4 is 39.8 Å². The summed E-state index contributed by atoms with van der Waals surface area (Å²) in [5.41, 5.74) is 0. The first-order chi connectivity index (χ1) is 15.8. The molecule has 3 nitrogen and oxygen atoms in total. The van der Waals surface area contributed by atoms with E-state index in [9.17, 15) is 22.8 Å². The van der Waals surface area contributed by atoms with Crippen LogP contribution < -0.4 is 15.9 Å². The van der Waals surface area contributed by atoms with Crippen LogP contribution in [0.2, 0.25) is 0 Å². The lowest BCUT2D eigenvalue weighted by Crippen LogP contribution is -2.34. The maximum absolute atomic E-state index is 13.3. The highest BCUT2D eigenvalue weighted by Gasteiger charge is 2.37. The van der Waals surface area contributed by atoms with Crippen LogP contribution in [-0.4, -0.2) is 29.8 Å². The van der Waals surface area contributed by atoms with Crippen LogP contribution in [-0.2, 0) is 14.3 Å². The lowest BCUT2D eigenvalue weighted by Gasteiger charge is -2.31. The number of allylic oxidation sites excluding steroid dienone is 1. The number of hydrogen-bond acceptors (Lipinski definition) is 3. The monoisotopic (exact) mass is 470 g/mol. The summed E-state index contributed by atoms with van der Waals surface area (Å²) in [6, 6.07) is 27.4. The van der Waals surface area contributed by atoms with Crippen molar-refractivity contribution in [2.24, 2.45) is 0 Å². The Morgan fingerprint density at radius 3 is 1.48 bits per heavy atom. The number of ether oxygens (including phenoxy) is 1. The number of esters is 1. The third-order valence-corrected chi connectivity index (χ3v) is 9.22. The Labute approximate surface area is 190 Å². The van der Waals surface area contributed by atoms with E-state index in [2.05, 4.69) is 0 Å². The molecule has 3 rings (SSSR count). The largest absolute Gasteiger partial charge is 0.462 e. The van der Waals surface area contributed by atoms with Crippen LogP contribution in [0.4, 0.5) is 13.2 Å². The van der Waals surface area contributed by atoms with Gasteiger partial charge in [-0.05, 0) is 41.9 Å². The Hall–Kier alpha value is -3.37. The SMILES string of the molecule is CCOC(=O)C(/C=C/C(=O)C(F)(F)F)=P(c1ccccc1)(c1ccccc1)c1ccccc1. The molecule has 0 aromatic heterocycles. The highest BCUT2D eigenvalue weighted by molar-refractivity contribution is 7.96. The van der Waals surface area contributed by atoms with E-state index in [0.717, 1.165) is 22.0 Å². The zero-order valence-electron chi connectivity index (χ0n) is 17.8. The van der Waals surface area contributed by atoms with Crippen molar-refractivity contribution in [1.82, 2.24) is 0 Å². The number of benzene rings is 3. The molecule has 3 aromatic rings. The van der Waals surface area contributed by atoms with Gasteiger partial charge in [0.15, 0.2) is 0 Å². The topological polar surface area (TPSA) is 43.4 Å². The van der Waals surface area contributed by atoms with Crippen molar-refractivity contribution in [3.05, 3.63) is 103 Å². The van der Waals surface area contributed by atoms with Gasteiger partial charge in [0, 0.05) is 0 Å². The molecule has 0 unspecified atom stereocenters. The van der Waals surface area contributed by atoms with Crippen LogP contribution in [0.3, 0.4) is 0 Å². The Kier molecular flexibility index (Phi) is 7.72. The molecular formula is C26H22F3O3P. The molecule has 0 spiro atoms. The molecule has 0 amide bonds. The normalized spacial score (nSPS) is 11.9. The van der Waals surface area contributed by atoms with Gasteiger partial charge in [0.1, 0.15) is 0 Å². The fourth-order valence-corrected chi connectivity index (χ4v) is 7.81. The van der Waals surface area contributed by atoms with Gasteiger partial charge in [0.05, 0.1) is 11.9 Å². The van der Waals surface area contributed by atoms with E-state index >= 15 is 0 Å². The number of halogens is 3. The Balaban J connectivity index is 2.55. The molecule has 3 aromatic carbocycles. The van der Waals surface area contributed by atoms with Gasteiger partial charge in [0.25, 0.3) is 5.78 Å². The van der Waals surface area contributed by atoms with Gasteiger partial charge in [-0.15, -0.1) is 0 Å². The minimum Gasteiger partial charge on any atom is -0.462 e. The van der Waals surface area contributed by atoms with Crippen molar-refractivity contribution in [1.29, 1.82) is 0 Å². The second-order valence-electron chi connectivity index (χ2n) is 6.98. The van der Waals surface area contributed by atoms with Gasteiger partial charge in [-0.2, -0.15) is 13.2 Å². The molecule has 0 saturated carbocycles. The fraction of sp³-hybridized carbons (Fsp3) is 0.115. The molecule has 0 N–H and O–H groups in total. The lowest BCUT2D eigenvalue weighted by molar-refractivity contribution is -0.165. The van der Waals surface area contributed by atoms with Gasteiger partial charge in [-0.25, -0.2) is 4.79 Å². The average molecular weight is 470 g/mol. The third kappa shape index (κ3) is 5.18. The van der Waals surface area contributed by atoms with Crippen LogP contribution in [0, 0.1) is 0 Å². The molecule has 0 fully saturated rings. The fourth-order valence-electron chi connectivity index (χ4n) is 3.59. The molecule has 7 heteroatoms. The van der Waals surface area contributed by atoms with Crippen molar-refractivity contribution in [3.63, 3.8) is 0 Å². The minimum absolute atomic E-state index is 0.00514. The average Bonchev–Trinajstić information content (AvgIpc) is 2.83. The quantitative estimate of drug-likeness (QED) is 0.292. The van der Waals surface area contributed by atoms with Crippen molar-refractivity contribution in [2.45, 2.75) is 13.1 Å². The Morgan fingerprint density at radius 2 is 1.15 bits per heavy atom. The zero-order chi connectivity index (χ0) is 23.9. The standard InChI is InChI=1S/C26H22F3O3P/c1-2-32-25(31)23(18-19-24(30)26(27,28)29)33(20-12-6-3-7-13-20,21-14-8-4-9-15-21)22-16-10-5-11-17-22/h3-19H,2H2,1H3/b19-18+. The number of ketones is 1. The predicted molar refractivity (Wildman–Crippen MR) is 127 cm³/mol. The Morgan fingerprint density at radius 1 is 0.758 bits per heavy atom. The molecular weight excluding hydrogens is 448 g/mol. The molecule has 0 bridgehead atoms. The predicted octanol–water partition coefficient (Wildman–Crippen LogP) is 4.40. The molecule has 0 atom stereocenters. The summed E-state index contributed by atoms with van der Waals surface area (Å²) in [5, 5.41) is 2.24. The molecule has 0 radical (unpaired) electrons. The summed E-state index contributed by atoms with van der Waals surface area (Å²) in [7, 11) is 0. The lowest BCUT2D eigenvalue weighted by atomic mass is 10.3. The smallest absolute Gasteiger partial charge is 0.454 e. The van der Waals surface area contributed by atoms with E-state index in [1.54, 1.807) is 6.92 Å². The summed E-state index contributed by atoms with van der Waals surface area (Å²) in [5.74, 6) is -2.81. The first-order valence-electron chi connectivity index (χ1n) is 10.2.